The molecule has 1 unspecified atom stereocenters. The molecule has 2 aromatic rings. The Balaban J connectivity index is 1.53. The topological polar surface area (TPSA) is 56.7 Å². The molecule has 1 saturated heterocycles. The van der Waals surface area contributed by atoms with Gasteiger partial charge < -0.3 is 14.9 Å². The lowest BCUT2D eigenvalue weighted by molar-refractivity contribution is -0.132. The van der Waals surface area contributed by atoms with Crippen LogP contribution in [-0.4, -0.2) is 46.6 Å². The number of hydrogen-bond acceptors (Lipinski definition) is 4. The van der Waals surface area contributed by atoms with Crippen molar-refractivity contribution < 1.29 is 14.3 Å². The van der Waals surface area contributed by atoms with Crippen molar-refractivity contribution >= 4 is 23.2 Å². The zero-order valence-corrected chi connectivity index (χ0v) is 16.9. The molecule has 0 bridgehead atoms. The molecule has 1 fully saturated rings. The van der Waals surface area contributed by atoms with E-state index in [0.717, 1.165) is 16.9 Å². The number of hydrogen-bond donors (Lipinski definition) is 1. The second kappa shape index (κ2) is 8.88. The van der Waals surface area contributed by atoms with Gasteiger partial charge in [-0.3, -0.25) is 9.78 Å². The first-order valence-corrected chi connectivity index (χ1v) is 9.83. The summed E-state index contributed by atoms with van der Waals surface area (Å²) in [4.78, 5) is 20.7. The van der Waals surface area contributed by atoms with Crippen molar-refractivity contribution in [2.24, 2.45) is 0 Å². The number of nitrogens with zero attached hydrogens (tertiary/aromatic N) is 3. The molecular formula is C21H25ClFN3O2. The predicted molar refractivity (Wildman–Crippen MR) is 108 cm³/mol. The Morgan fingerprint density at radius 2 is 2.14 bits per heavy atom. The van der Waals surface area contributed by atoms with E-state index in [1.54, 1.807) is 18.3 Å². The van der Waals surface area contributed by atoms with Gasteiger partial charge in [-0.25, -0.2) is 4.39 Å². The number of benzene rings is 1. The second-order valence-electron chi connectivity index (χ2n) is 7.27. The first kappa shape index (κ1) is 20.6. The zero-order chi connectivity index (χ0) is 20.3. The maximum atomic E-state index is 13.4. The third-order valence-electron chi connectivity index (χ3n) is 5.17. The number of aliphatic hydroxyl groups excluding tert-OH is 1. The maximum absolute atomic E-state index is 13.4. The predicted octanol–water partition coefficient (Wildman–Crippen LogP) is 3.73. The third kappa shape index (κ3) is 4.80. The number of carbonyl (C=O) groups excluding carboxylic acids is 1. The highest BCUT2D eigenvalue weighted by atomic mass is 35.5. The Hall–Kier alpha value is -2.18. The summed E-state index contributed by atoms with van der Waals surface area (Å²) in [5.41, 5.74) is 2.47. The Kier molecular flexibility index (Phi) is 6.52. The van der Waals surface area contributed by atoms with Crippen LogP contribution in [0.3, 0.4) is 0 Å². The van der Waals surface area contributed by atoms with Crippen LogP contribution in [0, 0.1) is 12.7 Å². The van der Waals surface area contributed by atoms with Gasteiger partial charge in [0.1, 0.15) is 5.82 Å². The molecule has 0 aliphatic carbocycles. The van der Waals surface area contributed by atoms with Crippen LogP contribution < -0.4 is 4.90 Å². The molecule has 2 heterocycles. The fraction of sp³-hybridized carbons (Fsp3) is 0.429. The minimum Gasteiger partial charge on any atom is -0.388 e. The molecule has 0 saturated carbocycles. The number of carbonyl (C=O) groups is 1. The summed E-state index contributed by atoms with van der Waals surface area (Å²) in [7, 11) is 0. The summed E-state index contributed by atoms with van der Waals surface area (Å²) in [6, 6.07) is 8.47. The number of amides is 1. The first-order valence-electron chi connectivity index (χ1n) is 9.45. The Morgan fingerprint density at radius 1 is 1.36 bits per heavy atom. The molecule has 1 aromatic carbocycles. The molecule has 1 aromatic heterocycles. The molecule has 7 heteroatoms. The third-order valence-corrected chi connectivity index (χ3v) is 5.46. The molecule has 1 aliphatic rings. The van der Waals surface area contributed by atoms with Crippen LogP contribution in [0.15, 0.2) is 36.5 Å². The summed E-state index contributed by atoms with van der Waals surface area (Å²) in [5.74, 6) is -0.406. The molecule has 1 N–H and O–H groups in total. The molecule has 28 heavy (non-hydrogen) atoms. The minimum atomic E-state index is -0.697. The normalized spacial score (nSPS) is 18.2. The Labute approximate surface area is 169 Å². The number of halogens is 2. The zero-order valence-electron chi connectivity index (χ0n) is 16.1. The van der Waals surface area contributed by atoms with Gasteiger partial charge in [-0.05, 0) is 50.1 Å². The van der Waals surface area contributed by atoms with Crippen LogP contribution in [0.2, 0.25) is 5.02 Å². The van der Waals surface area contributed by atoms with Crippen LogP contribution >= 0.6 is 11.6 Å². The van der Waals surface area contributed by atoms with Gasteiger partial charge in [0, 0.05) is 49.7 Å². The van der Waals surface area contributed by atoms with E-state index in [1.165, 1.54) is 6.07 Å². The van der Waals surface area contributed by atoms with Crippen molar-refractivity contribution in [3.63, 3.8) is 0 Å². The fourth-order valence-corrected chi connectivity index (χ4v) is 3.67. The van der Waals surface area contributed by atoms with Crippen molar-refractivity contribution in [3.05, 3.63) is 58.6 Å². The smallest absolute Gasteiger partial charge is 0.222 e. The molecule has 3 rings (SSSR count). The highest BCUT2D eigenvalue weighted by molar-refractivity contribution is 6.31. The van der Waals surface area contributed by atoms with Gasteiger partial charge in [-0.2, -0.15) is 0 Å². The average Bonchev–Trinajstić information content (AvgIpc) is 2.68. The fourth-order valence-electron chi connectivity index (χ4n) is 3.49. The number of aryl methyl sites for hydroxylation is 1. The maximum Gasteiger partial charge on any atom is 0.222 e. The number of anilines is 1. The molecule has 2 atom stereocenters. The largest absolute Gasteiger partial charge is 0.388 e. The van der Waals surface area contributed by atoms with E-state index in [1.807, 2.05) is 30.9 Å². The Morgan fingerprint density at radius 3 is 2.79 bits per heavy atom. The van der Waals surface area contributed by atoms with E-state index in [4.69, 9.17) is 11.6 Å². The van der Waals surface area contributed by atoms with Gasteiger partial charge in [0.25, 0.3) is 0 Å². The summed E-state index contributed by atoms with van der Waals surface area (Å²) >= 11 is 5.90. The monoisotopic (exact) mass is 405 g/mol. The Bertz CT molecular complexity index is 831. The molecule has 1 amide bonds. The molecular weight excluding hydrogens is 381 g/mol. The average molecular weight is 406 g/mol. The van der Waals surface area contributed by atoms with Crippen molar-refractivity contribution in [3.8, 4) is 0 Å². The van der Waals surface area contributed by atoms with Crippen LogP contribution in [0.25, 0.3) is 0 Å². The summed E-state index contributed by atoms with van der Waals surface area (Å²) < 4.78 is 13.4. The highest BCUT2D eigenvalue weighted by Gasteiger charge is 2.27. The van der Waals surface area contributed by atoms with Gasteiger partial charge >= 0.3 is 0 Å². The standard InChI is InChI=1S/C21H25ClFN3O2/c1-14-3-4-16(12-24-14)20(27)7-8-21(28)25-9-10-26(15(2)13-25)17-5-6-19(23)18(22)11-17/h3-6,11-12,15,20,27H,7-10,13H2,1-2H3/t15-,20?/m0/s1. The first-order chi connectivity index (χ1) is 13.3. The van der Waals surface area contributed by atoms with E-state index < -0.39 is 11.9 Å². The number of pyridine rings is 1. The van der Waals surface area contributed by atoms with Crippen LogP contribution in [-0.2, 0) is 4.79 Å². The molecule has 150 valence electrons. The molecule has 5 nitrogen and oxygen atoms in total. The van der Waals surface area contributed by atoms with Crippen molar-refractivity contribution in [2.75, 3.05) is 24.5 Å². The van der Waals surface area contributed by atoms with E-state index in [-0.39, 0.29) is 23.4 Å². The molecule has 0 radical (unpaired) electrons. The van der Waals surface area contributed by atoms with E-state index in [0.29, 0.717) is 26.1 Å². The molecule has 0 spiro atoms. The minimum absolute atomic E-state index is 0.0303. The quantitative estimate of drug-likeness (QED) is 0.823. The SMILES string of the molecule is Cc1ccc(C(O)CCC(=O)N2CCN(c3ccc(F)c(Cl)c3)[C@@H](C)C2)cn1. The summed E-state index contributed by atoms with van der Waals surface area (Å²) in [5, 5.41) is 10.4. The van der Waals surface area contributed by atoms with Gasteiger partial charge in [0.2, 0.25) is 5.91 Å². The van der Waals surface area contributed by atoms with Crippen molar-refractivity contribution in [2.45, 2.75) is 38.8 Å². The number of rotatable bonds is 5. The van der Waals surface area contributed by atoms with Crippen LogP contribution in [0.1, 0.15) is 37.1 Å². The number of piperazine rings is 1. The summed E-state index contributed by atoms with van der Waals surface area (Å²) in [6.45, 7) is 5.74. The second-order valence-corrected chi connectivity index (χ2v) is 7.68. The van der Waals surface area contributed by atoms with Gasteiger partial charge in [-0.15, -0.1) is 0 Å². The lowest BCUT2D eigenvalue weighted by atomic mass is 10.1. The van der Waals surface area contributed by atoms with E-state index in [2.05, 4.69) is 9.88 Å². The van der Waals surface area contributed by atoms with Crippen LogP contribution in [0.4, 0.5) is 10.1 Å². The summed E-state index contributed by atoms with van der Waals surface area (Å²) in [6.07, 6.45) is 1.60. The van der Waals surface area contributed by atoms with Crippen molar-refractivity contribution in [1.82, 2.24) is 9.88 Å². The number of aromatic nitrogens is 1. The lowest BCUT2D eigenvalue weighted by Crippen LogP contribution is -2.53. The van der Waals surface area contributed by atoms with Gasteiger partial charge in [-0.1, -0.05) is 17.7 Å². The van der Waals surface area contributed by atoms with E-state index in [9.17, 15) is 14.3 Å². The molecule has 1 aliphatic heterocycles. The van der Waals surface area contributed by atoms with Crippen LogP contribution in [0.5, 0.6) is 0 Å². The highest BCUT2D eigenvalue weighted by Crippen LogP contribution is 2.26. The lowest BCUT2D eigenvalue weighted by Gasteiger charge is -2.41. The number of aliphatic hydroxyl groups is 1. The van der Waals surface area contributed by atoms with Crippen molar-refractivity contribution in [1.29, 1.82) is 0 Å². The van der Waals surface area contributed by atoms with Gasteiger partial charge in [0.05, 0.1) is 11.1 Å². The van der Waals surface area contributed by atoms with Gasteiger partial charge in [0.15, 0.2) is 0 Å². The van der Waals surface area contributed by atoms with E-state index >= 15 is 0 Å².